The summed E-state index contributed by atoms with van der Waals surface area (Å²) in [5.41, 5.74) is 2.69. The molecular formula is C21H19NO5. The summed E-state index contributed by atoms with van der Waals surface area (Å²) in [6, 6.07) is 9.37. The molecule has 1 aliphatic rings. The minimum atomic E-state index is -0.715. The first-order valence-electron chi connectivity index (χ1n) is 8.71. The average molecular weight is 365 g/mol. The molecule has 27 heavy (non-hydrogen) atoms. The number of aliphatic hydroxyl groups excluding tert-OH is 1. The molecule has 1 aromatic heterocycles. The van der Waals surface area contributed by atoms with Gasteiger partial charge in [0, 0.05) is 6.54 Å². The van der Waals surface area contributed by atoms with Crippen LogP contribution in [0.4, 0.5) is 0 Å². The van der Waals surface area contributed by atoms with E-state index >= 15 is 0 Å². The monoisotopic (exact) mass is 365 g/mol. The van der Waals surface area contributed by atoms with Crippen molar-refractivity contribution >= 4 is 16.9 Å². The van der Waals surface area contributed by atoms with Crippen LogP contribution in [0.5, 0.6) is 5.75 Å². The molecule has 0 saturated heterocycles. The van der Waals surface area contributed by atoms with E-state index in [-0.39, 0.29) is 35.7 Å². The summed E-state index contributed by atoms with van der Waals surface area (Å²) in [6.07, 6.45) is 0. The fraction of sp³-hybridized carbons (Fsp3) is 0.238. The molecule has 0 fully saturated rings. The molecule has 0 saturated carbocycles. The number of phenolic OH excluding ortho intramolecular Hbond substituents is 1. The van der Waals surface area contributed by atoms with Crippen LogP contribution in [0, 0.1) is 13.8 Å². The smallest absolute Gasteiger partial charge is 0.290 e. The maximum Gasteiger partial charge on any atom is 0.290 e. The van der Waals surface area contributed by atoms with Crippen LogP contribution in [-0.4, -0.2) is 34.2 Å². The Morgan fingerprint density at radius 3 is 2.63 bits per heavy atom. The van der Waals surface area contributed by atoms with Gasteiger partial charge in [0.25, 0.3) is 5.91 Å². The van der Waals surface area contributed by atoms with Gasteiger partial charge in [-0.15, -0.1) is 0 Å². The molecule has 2 N–H and O–H groups in total. The number of β-amino-alcohol motifs (C(OH)–C–C–N with tert-alkyl or cyclic N) is 1. The number of hydrogen-bond donors (Lipinski definition) is 2. The minimum absolute atomic E-state index is 0.00115. The molecule has 138 valence electrons. The second-order valence-corrected chi connectivity index (χ2v) is 6.85. The van der Waals surface area contributed by atoms with Crippen LogP contribution in [-0.2, 0) is 0 Å². The van der Waals surface area contributed by atoms with Gasteiger partial charge in [0.2, 0.25) is 5.76 Å². The number of aryl methyl sites for hydroxylation is 2. The lowest BCUT2D eigenvalue weighted by molar-refractivity contribution is 0.0691. The van der Waals surface area contributed by atoms with E-state index in [9.17, 15) is 19.8 Å². The Morgan fingerprint density at radius 1 is 1.15 bits per heavy atom. The van der Waals surface area contributed by atoms with Crippen molar-refractivity contribution in [1.29, 1.82) is 0 Å². The molecule has 6 heteroatoms. The highest BCUT2D eigenvalue weighted by Gasteiger charge is 2.42. The third kappa shape index (κ3) is 2.61. The van der Waals surface area contributed by atoms with Gasteiger partial charge in [-0.05, 0) is 48.7 Å². The van der Waals surface area contributed by atoms with Crippen molar-refractivity contribution in [2.24, 2.45) is 0 Å². The van der Waals surface area contributed by atoms with Gasteiger partial charge in [0.05, 0.1) is 23.6 Å². The van der Waals surface area contributed by atoms with Gasteiger partial charge in [0.15, 0.2) is 5.43 Å². The van der Waals surface area contributed by atoms with E-state index in [0.717, 1.165) is 11.1 Å². The predicted octanol–water partition coefficient (Wildman–Crippen LogP) is 2.65. The minimum Gasteiger partial charge on any atom is -0.508 e. The molecule has 0 unspecified atom stereocenters. The van der Waals surface area contributed by atoms with E-state index in [1.54, 1.807) is 18.2 Å². The van der Waals surface area contributed by atoms with Gasteiger partial charge < -0.3 is 19.5 Å². The summed E-state index contributed by atoms with van der Waals surface area (Å²) < 4.78 is 5.91. The lowest BCUT2D eigenvalue weighted by atomic mass is 9.97. The summed E-state index contributed by atoms with van der Waals surface area (Å²) in [7, 11) is 0. The summed E-state index contributed by atoms with van der Waals surface area (Å²) in [4.78, 5) is 27.7. The van der Waals surface area contributed by atoms with Gasteiger partial charge in [-0.25, -0.2) is 0 Å². The molecule has 2 heterocycles. The Kier molecular flexibility index (Phi) is 4.00. The van der Waals surface area contributed by atoms with E-state index in [4.69, 9.17) is 4.42 Å². The highest BCUT2D eigenvalue weighted by molar-refractivity contribution is 5.99. The fourth-order valence-electron chi connectivity index (χ4n) is 3.85. The third-order valence-corrected chi connectivity index (χ3v) is 4.92. The molecule has 2 aromatic carbocycles. The number of aromatic hydroxyl groups is 1. The van der Waals surface area contributed by atoms with E-state index in [2.05, 4.69) is 0 Å². The number of carbonyl (C=O) groups is 1. The zero-order valence-corrected chi connectivity index (χ0v) is 15.0. The van der Waals surface area contributed by atoms with Gasteiger partial charge in [-0.2, -0.15) is 0 Å². The SMILES string of the molecule is Cc1cc(C)c2oc3c(c(=O)c2c1)[C@@H](c1cccc(O)c1)N(CCO)C3=O. The maximum atomic E-state index is 13.3. The first kappa shape index (κ1) is 17.3. The third-order valence-electron chi connectivity index (χ3n) is 4.92. The molecule has 4 rings (SSSR count). The van der Waals surface area contributed by atoms with Crippen molar-refractivity contribution in [3.8, 4) is 5.75 Å². The largest absolute Gasteiger partial charge is 0.508 e. The van der Waals surface area contributed by atoms with Crippen LogP contribution >= 0.6 is 0 Å². The maximum absolute atomic E-state index is 13.3. The van der Waals surface area contributed by atoms with Gasteiger partial charge in [0.1, 0.15) is 11.3 Å². The molecule has 3 aromatic rings. The molecule has 0 radical (unpaired) electrons. The summed E-state index contributed by atoms with van der Waals surface area (Å²) in [5, 5.41) is 19.7. The van der Waals surface area contributed by atoms with Crippen LogP contribution in [0.3, 0.4) is 0 Å². The summed E-state index contributed by atoms with van der Waals surface area (Å²) >= 11 is 0. The Balaban J connectivity index is 2.05. The Labute approximate surface area is 155 Å². The average Bonchev–Trinajstić information content (AvgIpc) is 2.89. The number of nitrogens with zero attached hydrogens (tertiary/aromatic N) is 1. The molecule has 0 bridgehead atoms. The summed E-state index contributed by atoms with van der Waals surface area (Å²) in [5.74, 6) is -0.401. The quantitative estimate of drug-likeness (QED) is 0.745. The van der Waals surface area contributed by atoms with E-state index in [0.29, 0.717) is 16.5 Å². The number of fused-ring (bicyclic) bond motifs is 2. The van der Waals surface area contributed by atoms with Crippen molar-refractivity contribution in [1.82, 2.24) is 4.90 Å². The molecule has 1 atom stereocenters. The zero-order valence-electron chi connectivity index (χ0n) is 15.0. The van der Waals surface area contributed by atoms with Crippen molar-refractivity contribution in [3.05, 3.63) is 74.6 Å². The predicted molar refractivity (Wildman–Crippen MR) is 100 cm³/mol. The van der Waals surface area contributed by atoms with E-state index < -0.39 is 11.9 Å². The molecule has 1 aliphatic heterocycles. The highest BCUT2D eigenvalue weighted by atomic mass is 16.3. The van der Waals surface area contributed by atoms with Gasteiger partial charge in [-0.1, -0.05) is 18.2 Å². The number of hydrogen-bond acceptors (Lipinski definition) is 5. The van der Waals surface area contributed by atoms with Crippen LogP contribution in [0.15, 0.2) is 45.6 Å². The Hall–Kier alpha value is -3.12. The molecule has 6 nitrogen and oxygen atoms in total. The highest BCUT2D eigenvalue weighted by Crippen LogP contribution is 2.39. The first-order chi connectivity index (χ1) is 12.9. The Morgan fingerprint density at radius 2 is 1.93 bits per heavy atom. The fourth-order valence-corrected chi connectivity index (χ4v) is 3.85. The number of carbonyl (C=O) groups excluding carboxylic acids is 1. The second kappa shape index (κ2) is 6.25. The number of benzene rings is 2. The zero-order chi connectivity index (χ0) is 19.3. The van der Waals surface area contributed by atoms with E-state index in [1.165, 1.54) is 17.0 Å². The van der Waals surface area contributed by atoms with Crippen molar-refractivity contribution in [2.45, 2.75) is 19.9 Å². The normalized spacial score (nSPS) is 16.2. The lowest BCUT2D eigenvalue weighted by Crippen LogP contribution is -2.32. The van der Waals surface area contributed by atoms with Crippen LogP contribution in [0.25, 0.3) is 11.0 Å². The van der Waals surface area contributed by atoms with Crippen LogP contribution in [0.1, 0.15) is 38.9 Å². The van der Waals surface area contributed by atoms with Crippen LogP contribution < -0.4 is 5.43 Å². The summed E-state index contributed by atoms with van der Waals surface area (Å²) in [6.45, 7) is 3.54. The van der Waals surface area contributed by atoms with Gasteiger partial charge in [-0.3, -0.25) is 9.59 Å². The molecular weight excluding hydrogens is 346 g/mol. The molecule has 0 spiro atoms. The van der Waals surface area contributed by atoms with Crippen molar-refractivity contribution in [2.75, 3.05) is 13.2 Å². The standard InChI is InChI=1S/C21H19NO5/c1-11-8-12(2)19-15(9-11)18(25)16-17(13-4-3-5-14(24)10-13)22(6-7-23)21(26)20(16)27-19/h3-5,8-10,17,23-24H,6-7H2,1-2H3/t17-/m1/s1. The van der Waals surface area contributed by atoms with Gasteiger partial charge >= 0.3 is 0 Å². The topological polar surface area (TPSA) is 91.0 Å². The number of amides is 1. The Bertz CT molecular complexity index is 1130. The number of rotatable bonds is 3. The van der Waals surface area contributed by atoms with Crippen LogP contribution in [0.2, 0.25) is 0 Å². The number of phenols is 1. The molecule has 1 amide bonds. The second-order valence-electron chi connectivity index (χ2n) is 6.85. The van der Waals surface area contributed by atoms with E-state index in [1.807, 2.05) is 19.9 Å². The lowest BCUT2D eigenvalue weighted by Gasteiger charge is -2.24. The van der Waals surface area contributed by atoms with Crippen molar-refractivity contribution < 1.29 is 19.4 Å². The molecule has 0 aliphatic carbocycles. The van der Waals surface area contributed by atoms with Crippen molar-refractivity contribution in [3.63, 3.8) is 0 Å². The number of aliphatic hydroxyl groups is 1. The first-order valence-corrected chi connectivity index (χ1v) is 8.71.